The lowest BCUT2D eigenvalue weighted by atomic mass is 10.2. The van der Waals surface area contributed by atoms with Crippen LogP contribution in [0.25, 0.3) is 0 Å². The molecule has 4 nitrogen and oxygen atoms in total. The first-order valence-corrected chi connectivity index (χ1v) is 6.54. The molecule has 0 fully saturated rings. The molecule has 0 bridgehead atoms. The highest BCUT2D eigenvalue weighted by molar-refractivity contribution is 5.87. The van der Waals surface area contributed by atoms with Crippen LogP contribution >= 0.6 is 0 Å². The van der Waals surface area contributed by atoms with Crippen LogP contribution < -0.4 is 0 Å². The van der Waals surface area contributed by atoms with Crippen LogP contribution in [0.2, 0.25) is 0 Å². The predicted octanol–water partition coefficient (Wildman–Crippen LogP) is 1.65. The molecule has 4 heteroatoms. The van der Waals surface area contributed by atoms with Gasteiger partial charge in [-0.1, -0.05) is 6.58 Å². The predicted molar refractivity (Wildman–Crippen MR) is 72.9 cm³/mol. The van der Waals surface area contributed by atoms with Crippen molar-refractivity contribution in [2.45, 2.75) is 52.8 Å². The summed E-state index contributed by atoms with van der Waals surface area (Å²) in [6.45, 7) is 15.3. The van der Waals surface area contributed by atoms with E-state index in [1.54, 1.807) is 6.92 Å². The zero-order chi connectivity index (χ0) is 13.9. The molecular formula is C14H25N2O2+. The zero-order valence-electron chi connectivity index (χ0n) is 12.1. The molecule has 1 atom stereocenters. The number of carbonyl (C=O) groups is 1. The topological polar surface area (TPSA) is 32.5 Å². The molecule has 0 radical (unpaired) electrons. The molecule has 0 saturated heterocycles. The summed E-state index contributed by atoms with van der Waals surface area (Å²) in [5.74, 6) is -0.297. The van der Waals surface area contributed by atoms with E-state index in [9.17, 15) is 4.79 Å². The van der Waals surface area contributed by atoms with Crippen molar-refractivity contribution in [3.05, 3.63) is 12.2 Å². The van der Waals surface area contributed by atoms with Gasteiger partial charge >= 0.3 is 5.97 Å². The second-order valence-electron chi connectivity index (χ2n) is 5.50. The summed E-state index contributed by atoms with van der Waals surface area (Å²) in [7, 11) is 0. The Bertz CT molecular complexity index is 359. The van der Waals surface area contributed by atoms with Gasteiger partial charge in [0.25, 0.3) is 0 Å². The van der Waals surface area contributed by atoms with Gasteiger partial charge in [-0.2, -0.15) is 0 Å². The third-order valence-corrected chi connectivity index (χ3v) is 3.07. The number of hydrogen-bond acceptors (Lipinski definition) is 3. The van der Waals surface area contributed by atoms with Gasteiger partial charge in [0.05, 0.1) is 12.1 Å². The van der Waals surface area contributed by atoms with Crippen molar-refractivity contribution < 1.29 is 14.1 Å². The molecule has 0 aromatic carbocycles. The minimum Gasteiger partial charge on any atom is -0.451 e. The number of esters is 1. The molecule has 1 aliphatic rings. The Hall–Kier alpha value is -1.32. The molecule has 102 valence electrons. The Labute approximate surface area is 110 Å². The molecule has 1 rings (SSSR count). The number of hydrogen-bond donors (Lipinski definition) is 0. The van der Waals surface area contributed by atoms with Crippen LogP contribution in [0.15, 0.2) is 12.2 Å². The lowest BCUT2D eigenvalue weighted by Gasteiger charge is -2.30. The number of nitrogens with zero attached hydrogens (tertiary/aromatic N) is 2. The van der Waals surface area contributed by atoms with E-state index in [-0.39, 0.29) is 12.1 Å². The van der Waals surface area contributed by atoms with Crippen molar-refractivity contribution in [3.8, 4) is 0 Å². The lowest BCUT2D eigenvalue weighted by Crippen LogP contribution is -2.50. The van der Waals surface area contributed by atoms with Crippen molar-refractivity contribution >= 4 is 12.3 Å². The van der Waals surface area contributed by atoms with E-state index < -0.39 is 0 Å². The third-order valence-electron chi connectivity index (χ3n) is 3.07. The van der Waals surface area contributed by atoms with Gasteiger partial charge < -0.3 is 4.74 Å². The normalized spacial score (nSPS) is 20.1. The fourth-order valence-electron chi connectivity index (χ4n) is 1.83. The fourth-order valence-corrected chi connectivity index (χ4v) is 1.83. The SMILES string of the molecule is C=C(C)C(=O)OC1CN(C(C)C)C=[N+](C(C)C)C1. The Morgan fingerprint density at radius 3 is 2.50 bits per heavy atom. The Kier molecular flexibility index (Phi) is 4.93. The van der Waals surface area contributed by atoms with Crippen LogP contribution in [-0.4, -0.2) is 53.1 Å². The average Bonchev–Trinajstić information content (AvgIpc) is 2.28. The fraction of sp³-hybridized carbons (Fsp3) is 0.714. The molecule has 1 aliphatic heterocycles. The maximum absolute atomic E-state index is 11.6. The maximum Gasteiger partial charge on any atom is 0.333 e. The van der Waals surface area contributed by atoms with E-state index in [0.29, 0.717) is 17.7 Å². The highest BCUT2D eigenvalue weighted by atomic mass is 16.5. The first-order valence-electron chi connectivity index (χ1n) is 6.54. The largest absolute Gasteiger partial charge is 0.451 e. The summed E-state index contributed by atoms with van der Waals surface area (Å²) in [6, 6.07) is 0.801. The molecule has 0 spiro atoms. The van der Waals surface area contributed by atoms with Crippen LogP contribution in [0.5, 0.6) is 0 Å². The summed E-state index contributed by atoms with van der Waals surface area (Å²) in [4.78, 5) is 13.8. The summed E-state index contributed by atoms with van der Waals surface area (Å²) in [5, 5.41) is 0. The van der Waals surface area contributed by atoms with Gasteiger partial charge in [-0.3, -0.25) is 9.48 Å². The monoisotopic (exact) mass is 253 g/mol. The second-order valence-corrected chi connectivity index (χ2v) is 5.50. The molecule has 0 aliphatic carbocycles. The molecule has 0 saturated carbocycles. The van der Waals surface area contributed by atoms with Gasteiger partial charge in [0.15, 0.2) is 6.10 Å². The van der Waals surface area contributed by atoms with Crippen LogP contribution in [0.1, 0.15) is 34.6 Å². The number of carbonyl (C=O) groups excluding carboxylic acids is 1. The van der Waals surface area contributed by atoms with E-state index >= 15 is 0 Å². The first-order chi connectivity index (χ1) is 8.31. The minimum absolute atomic E-state index is 0.0935. The highest BCUT2D eigenvalue weighted by Gasteiger charge is 2.31. The summed E-state index contributed by atoms with van der Waals surface area (Å²) < 4.78 is 7.68. The lowest BCUT2D eigenvalue weighted by molar-refractivity contribution is -0.571. The molecule has 1 heterocycles. The zero-order valence-corrected chi connectivity index (χ0v) is 12.1. The van der Waals surface area contributed by atoms with Crippen molar-refractivity contribution in [3.63, 3.8) is 0 Å². The Morgan fingerprint density at radius 2 is 2.06 bits per heavy atom. The van der Waals surface area contributed by atoms with Crippen molar-refractivity contribution in [1.82, 2.24) is 4.90 Å². The second kappa shape index (κ2) is 6.03. The number of ether oxygens (including phenoxy) is 1. The van der Waals surface area contributed by atoms with E-state index in [4.69, 9.17) is 4.74 Å². The first kappa shape index (κ1) is 14.7. The van der Waals surface area contributed by atoms with Gasteiger partial charge in [-0.25, -0.2) is 4.79 Å². The van der Waals surface area contributed by atoms with Gasteiger partial charge in [-0.15, -0.1) is 0 Å². The number of rotatable bonds is 4. The van der Waals surface area contributed by atoms with Gasteiger partial charge in [0.2, 0.25) is 6.34 Å². The Morgan fingerprint density at radius 1 is 1.44 bits per heavy atom. The molecule has 18 heavy (non-hydrogen) atoms. The van der Waals surface area contributed by atoms with Crippen LogP contribution in [0, 0.1) is 0 Å². The van der Waals surface area contributed by atoms with E-state index in [0.717, 1.165) is 13.1 Å². The van der Waals surface area contributed by atoms with Gasteiger partial charge in [0, 0.05) is 5.57 Å². The summed E-state index contributed by atoms with van der Waals surface area (Å²) in [6.07, 6.45) is 2.05. The average molecular weight is 253 g/mol. The van der Waals surface area contributed by atoms with Crippen molar-refractivity contribution in [2.75, 3.05) is 13.1 Å². The van der Waals surface area contributed by atoms with Crippen LogP contribution in [0.4, 0.5) is 0 Å². The molecular weight excluding hydrogens is 228 g/mol. The smallest absolute Gasteiger partial charge is 0.333 e. The van der Waals surface area contributed by atoms with Crippen LogP contribution in [0.3, 0.4) is 0 Å². The summed E-state index contributed by atoms with van der Waals surface area (Å²) >= 11 is 0. The molecule has 0 amide bonds. The van der Waals surface area contributed by atoms with E-state index in [1.807, 2.05) is 0 Å². The van der Waals surface area contributed by atoms with Crippen molar-refractivity contribution in [2.24, 2.45) is 0 Å². The summed E-state index contributed by atoms with van der Waals surface area (Å²) in [5.41, 5.74) is 0.455. The third kappa shape index (κ3) is 3.86. The Balaban J connectivity index is 2.76. The quantitative estimate of drug-likeness (QED) is 0.434. The van der Waals surface area contributed by atoms with Crippen LogP contribution in [-0.2, 0) is 9.53 Å². The van der Waals surface area contributed by atoms with Gasteiger partial charge in [0.1, 0.15) is 13.1 Å². The van der Waals surface area contributed by atoms with E-state index in [2.05, 4.69) is 50.1 Å². The molecule has 0 aromatic heterocycles. The maximum atomic E-state index is 11.6. The standard InChI is InChI=1S/C14H25N2O2/c1-10(2)14(17)18-13-7-15(11(3)4)9-16(8-13)12(5)6/h9,11-13H,1,7-8H2,2-6H3/q+1. The van der Waals surface area contributed by atoms with E-state index in [1.165, 1.54) is 0 Å². The molecule has 1 unspecified atom stereocenters. The highest BCUT2D eigenvalue weighted by Crippen LogP contribution is 2.10. The van der Waals surface area contributed by atoms with Crippen molar-refractivity contribution in [1.29, 1.82) is 0 Å². The van der Waals surface area contributed by atoms with Gasteiger partial charge in [-0.05, 0) is 34.6 Å². The minimum atomic E-state index is -0.297. The molecule has 0 N–H and O–H groups in total. The molecule has 0 aromatic rings.